The summed E-state index contributed by atoms with van der Waals surface area (Å²) in [6.07, 6.45) is 7.15. The topological polar surface area (TPSA) is 34.1 Å². The molecule has 0 saturated heterocycles. The molecular formula is C12H20Cl2O2S. The minimum atomic E-state index is -3.15. The quantitative estimate of drug-likeness (QED) is 0.731. The van der Waals surface area contributed by atoms with Gasteiger partial charge in [-0.2, -0.15) is 0 Å². The van der Waals surface area contributed by atoms with Crippen molar-refractivity contribution >= 4 is 33.0 Å². The summed E-state index contributed by atoms with van der Waals surface area (Å²) in [6, 6.07) is 0. The number of sulfone groups is 1. The maximum Gasteiger partial charge on any atom is 0.158 e. The Kier molecular flexibility index (Phi) is 4.65. The van der Waals surface area contributed by atoms with Crippen LogP contribution in [0.1, 0.15) is 51.4 Å². The summed E-state index contributed by atoms with van der Waals surface area (Å²) in [5.74, 6) is 0. The Balaban J connectivity index is 2.16. The van der Waals surface area contributed by atoms with E-state index < -0.39 is 9.84 Å². The van der Waals surface area contributed by atoms with E-state index in [1.165, 1.54) is 0 Å². The van der Waals surface area contributed by atoms with Crippen molar-refractivity contribution < 1.29 is 8.42 Å². The van der Waals surface area contributed by atoms with Crippen LogP contribution >= 0.6 is 23.2 Å². The highest BCUT2D eigenvalue weighted by molar-refractivity contribution is 7.92. The Morgan fingerprint density at radius 2 is 1.06 bits per heavy atom. The van der Waals surface area contributed by atoms with E-state index in [1.807, 2.05) is 0 Å². The standard InChI is InChI=1S/C12H20Cl2O2S/c13-9-5-1-3-7-11(9)17(15,16)12-8-4-2-6-10(12)14/h9-12H,1-8H2. The van der Waals surface area contributed by atoms with Gasteiger partial charge in [-0.05, 0) is 25.7 Å². The highest BCUT2D eigenvalue weighted by Gasteiger charge is 2.43. The molecule has 0 amide bonds. The zero-order valence-electron chi connectivity index (χ0n) is 9.95. The molecule has 0 aromatic carbocycles. The fourth-order valence-corrected chi connectivity index (χ4v) is 7.02. The second kappa shape index (κ2) is 5.66. The van der Waals surface area contributed by atoms with Crippen molar-refractivity contribution in [2.75, 3.05) is 0 Å². The van der Waals surface area contributed by atoms with Crippen molar-refractivity contribution in [1.82, 2.24) is 0 Å². The molecule has 0 spiro atoms. The molecule has 100 valence electrons. The Hall–Kier alpha value is 0.530. The molecule has 4 atom stereocenters. The van der Waals surface area contributed by atoms with Gasteiger partial charge in [-0.15, -0.1) is 23.2 Å². The van der Waals surface area contributed by atoms with Crippen molar-refractivity contribution in [3.8, 4) is 0 Å². The summed E-state index contributed by atoms with van der Waals surface area (Å²) in [5, 5.41) is -1.14. The lowest BCUT2D eigenvalue weighted by molar-refractivity contribution is 0.455. The summed E-state index contributed by atoms with van der Waals surface area (Å²) in [7, 11) is -3.15. The second-order valence-corrected chi connectivity index (χ2v) is 8.78. The van der Waals surface area contributed by atoms with Crippen molar-refractivity contribution in [2.24, 2.45) is 0 Å². The molecule has 2 rings (SSSR count). The van der Waals surface area contributed by atoms with Gasteiger partial charge in [-0.3, -0.25) is 0 Å². The average molecular weight is 299 g/mol. The minimum absolute atomic E-state index is 0.209. The van der Waals surface area contributed by atoms with E-state index in [1.54, 1.807) is 0 Å². The number of hydrogen-bond donors (Lipinski definition) is 0. The molecule has 4 unspecified atom stereocenters. The number of alkyl halides is 2. The fourth-order valence-electron chi connectivity index (χ4n) is 3.07. The number of rotatable bonds is 2. The van der Waals surface area contributed by atoms with Gasteiger partial charge >= 0.3 is 0 Å². The predicted octanol–water partition coefficient (Wildman–Crippen LogP) is 3.50. The highest BCUT2D eigenvalue weighted by atomic mass is 35.5. The Labute approximate surface area is 114 Å². The Morgan fingerprint density at radius 1 is 0.706 bits per heavy atom. The van der Waals surface area contributed by atoms with Crippen LogP contribution in [0.2, 0.25) is 0 Å². The summed E-state index contributed by atoms with van der Waals surface area (Å²) >= 11 is 12.4. The lowest BCUT2D eigenvalue weighted by Crippen LogP contribution is -2.44. The third-order valence-electron chi connectivity index (χ3n) is 4.09. The SMILES string of the molecule is O=S(=O)(C1CCCCC1Cl)C1CCCCC1Cl. The molecule has 0 bridgehead atoms. The summed E-state index contributed by atoms with van der Waals surface area (Å²) < 4.78 is 25.2. The molecular weight excluding hydrogens is 279 g/mol. The van der Waals surface area contributed by atoms with E-state index in [-0.39, 0.29) is 21.3 Å². The van der Waals surface area contributed by atoms with Crippen LogP contribution in [0.3, 0.4) is 0 Å². The summed E-state index contributed by atoms with van der Waals surface area (Å²) in [4.78, 5) is 0. The van der Waals surface area contributed by atoms with Crippen LogP contribution in [0.25, 0.3) is 0 Å². The molecule has 0 heterocycles. The van der Waals surface area contributed by atoms with Crippen molar-refractivity contribution in [1.29, 1.82) is 0 Å². The van der Waals surface area contributed by atoms with Crippen molar-refractivity contribution in [2.45, 2.75) is 72.6 Å². The van der Waals surface area contributed by atoms with Crippen LogP contribution in [0.5, 0.6) is 0 Å². The van der Waals surface area contributed by atoms with E-state index in [2.05, 4.69) is 0 Å². The lowest BCUT2D eigenvalue weighted by Gasteiger charge is -2.34. The van der Waals surface area contributed by atoms with Crippen LogP contribution < -0.4 is 0 Å². The average Bonchev–Trinajstić information content (AvgIpc) is 2.29. The van der Waals surface area contributed by atoms with Gasteiger partial charge in [0.25, 0.3) is 0 Å². The maximum absolute atomic E-state index is 12.6. The molecule has 2 aliphatic rings. The van der Waals surface area contributed by atoms with E-state index >= 15 is 0 Å². The van der Waals surface area contributed by atoms with Gasteiger partial charge in [0.15, 0.2) is 9.84 Å². The normalized spacial score (nSPS) is 40.1. The first-order valence-electron chi connectivity index (χ1n) is 6.54. The maximum atomic E-state index is 12.6. The summed E-state index contributed by atoms with van der Waals surface area (Å²) in [5.41, 5.74) is 0. The molecule has 2 nitrogen and oxygen atoms in total. The van der Waals surface area contributed by atoms with Crippen molar-refractivity contribution in [3.63, 3.8) is 0 Å². The molecule has 0 radical (unpaired) electrons. The van der Waals surface area contributed by atoms with Crippen LogP contribution in [-0.2, 0) is 9.84 Å². The first kappa shape index (κ1) is 14.0. The molecule has 2 fully saturated rings. The number of hydrogen-bond acceptors (Lipinski definition) is 2. The Morgan fingerprint density at radius 3 is 1.41 bits per heavy atom. The van der Waals surface area contributed by atoms with E-state index in [9.17, 15) is 8.42 Å². The van der Waals surface area contributed by atoms with E-state index in [0.29, 0.717) is 0 Å². The van der Waals surface area contributed by atoms with Gasteiger partial charge in [0.2, 0.25) is 0 Å². The van der Waals surface area contributed by atoms with Crippen molar-refractivity contribution in [3.05, 3.63) is 0 Å². The Bertz CT molecular complexity index is 328. The van der Waals surface area contributed by atoms with Gasteiger partial charge in [-0.25, -0.2) is 8.42 Å². The first-order valence-corrected chi connectivity index (χ1v) is 9.02. The van der Waals surface area contributed by atoms with Gasteiger partial charge in [0.1, 0.15) is 0 Å². The largest absolute Gasteiger partial charge is 0.228 e. The monoisotopic (exact) mass is 298 g/mol. The molecule has 0 aromatic rings. The second-order valence-electron chi connectivity index (χ2n) is 5.27. The zero-order valence-corrected chi connectivity index (χ0v) is 12.3. The van der Waals surface area contributed by atoms with Crippen LogP contribution in [0.15, 0.2) is 0 Å². The predicted molar refractivity (Wildman–Crippen MR) is 72.7 cm³/mol. The minimum Gasteiger partial charge on any atom is -0.228 e. The lowest BCUT2D eigenvalue weighted by atomic mass is 9.99. The third-order valence-corrected chi connectivity index (χ3v) is 8.25. The van der Waals surface area contributed by atoms with Gasteiger partial charge in [0.05, 0.1) is 21.3 Å². The zero-order chi connectivity index (χ0) is 12.5. The fraction of sp³-hybridized carbons (Fsp3) is 1.00. The van der Waals surface area contributed by atoms with E-state index in [0.717, 1.165) is 51.4 Å². The molecule has 0 aromatic heterocycles. The molecule has 17 heavy (non-hydrogen) atoms. The summed E-state index contributed by atoms with van der Waals surface area (Å²) in [6.45, 7) is 0. The molecule has 0 aliphatic heterocycles. The van der Waals surface area contributed by atoms with E-state index in [4.69, 9.17) is 23.2 Å². The highest BCUT2D eigenvalue weighted by Crippen LogP contribution is 2.36. The third kappa shape index (κ3) is 2.93. The molecule has 5 heteroatoms. The van der Waals surface area contributed by atoms with Crippen LogP contribution in [0.4, 0.5) is 0 Å². The number of halogens is 2. The first-order chi connectivity index (χ1) is 8.03. The van der Waals surface area contributed by atoms with Crippen LogP contribution in [-0.4, -0.2) is 29.7 Å². The van der Waals surface area contributed by atoms with Gasteiger partial charge in [0, 0.05) is 0 Å². The van der Waals surface area contributed by atoms with Crippen LogP contribution in [0, 0.1) is 0 Å². The molecule has 2 saturated carbocycles. The molecule has 2 aliphatic carbocycles. The molecule has 0 N–H and O–H groups in total. The van der Waals surface area contributed by atoms with Gasteiger partial charge in [-0.1, -0.05) is 25.7 Å². The smallest absolute Gasteiger partial charge is 0.158 e. The van der Waals surface area contributed by atoms with Gasteiger partial charge < -0.3 is 0 Å².